The number of hydrogen-bond acceptors (Lipinski definition) is 3. The molecule has 2 rings (SSSR count). The highest BCUT2D eigenvalue weighted by atomic mass is 16.4. The van der Waals surface area contributed by atoms with Gasteiger partial charge in [0, 0.05) is 12.5 Å². The molecule has 1 aliphatic carbocycles. The van der Waals surface area contributed by atoms with Crippen molar-refractivity contribution in [3.05, 3.63) is 29.8 Å². The van der Waals surface area contributed by atoms with Crippen LogP contribution in [0.4, 0.5) is 5.69 Å². The molecule has 0 bridgehead atoms. The Morgan fingerprint density at radius 3 is 2.48 bits per heavy atom. The van der Waals surface area contributed by atoms with E-state index in [1.807, 2.05) is 0 Å². The van der Waals surface area contributed by atoms with Gasteiger partial charge in [-0.05, 0) is 43.7 Å². The highest BCUT2D eigenvalue weighted by Gasteiger charge is 2.27. The lowest BCUT2D eigenvalue weighted by atomic mass is 9.81. The van der Waals surface area contributed by atoms with Gasteiger partial charge in [0.25, 0.3) is 0 Å². The van der Waals surface area contributed by atoms with Crippen LogP contribution < -0.4 is 16.4 Å². The van der Waals surface area contributed by atoms with E-state index in [1.165, 1.54) is 6.07 Å². The maximum Gasteiger partial charge on any atom is 0.337 e. The van der Waals surface area contributed by atoms with Crippen molar-refractivity contribution in [3.8, 4) is 0 Å². The second-order valence-corrected chi connectivity index (χ2v) is 5.85. The molecule has 6 N–H and O–H groups in total. The number of carbonyl (C=O) groups is 2. The fourth-order valence-corrected chi connectivity index (χ4v) is 2.90. The number of nitrogens with one attached hydrogen (secondary N) is 3. The van der Waals surface area contributed by atoms with Crippen LogP contribution in [0.3, 0.4) is 0 Å². The summed E-state index contributed by atoms with van der Waals surface area (Å²) >= 11 is 0. The van der Waals surface area contributed by atoms with Gasteiger partial charge in [0.2, 0.25) is 5.91 Å². The molecule has 0 radical (unpaired) electrons. The molecule has 0 unspecified atom stereocenters. The Morgan fingerprint density at radius 1 is 1.22 bits per heavy atom. The zero-order valence-corrected chi connectivity index (χ0v) is 12.8. The molecule has 0 spiro atoms. The lowest BCUT2D eigenvalue weighted by Gasteiger charge is -2.28. The first-order chi connectivity index (χ1) is 11.0. The summed E-state index contributed by atoms with van der Waals surface area (Å²) in [6.07, 6.45) is 3.29. The van der Waals surface area contributed by atoms with E-state index >= 15 is 0 Å². The molecule has 1 aromatic carbocycles. The Balaban J connectivity index is 1.88. The number of nitrogens with two attached hydrogens (primary N) is 1. The Kier molecular flexibility index (Phi) is 5.56. The molecule has 0 saturated heterocycles. The van der Waals surface area contributed by atoms with E-state index in [2.05, 4.69) is 10.6 Å². The van der Waals surface area contributed by atoms with Crippen molar-refractivity contribution in [2.45, 2.75) is 25.7 Å². The minimum atomic E-state index is -1.06. The third-order valence-electron chi connectivity index (χ3n) is 4.21. The number of benzene rings is 1. The average molecular weight is 318 g/mol. The van der Waals surface area contributed by atoms with Crippen molar-refractivity contribution in [1.82, 2.24) is 5.32 Å². The second-order valence-electron chi connectivity index (χ2n) is 5.85. The predicted molar refractivity (Wildman–Crippen MR) is 87.4 cm³/mol. The van der Waals surface area contributed by atoms with Gasteiger partial charge in [0.05, 0.1) is 11.3 Å². The number of guanidine groups is 1. The van der Waals surface area contributed by atoms with Gasteiger partial charge in [0.15, 0.2) is 5.96 Å². The maximum atomic E-state index is 12.3. The summed E-state index contributed by atoms with van der Waals surface area (Å²) < 4.78 is 0. The molecule has 0 aromatic heterocycles. The summed E-state index contributed by atoms with van der Waals surface area (Å²) in [5, 5.41) is 21.8. The molecule has 0 aliphatic heterocycles. The van der Waals surface area contributed by atoms with Crippen LogP contribution in [0, 0.1) is 17.2 Å². The molecular formula is C16H22N4O3. The van der Waals surface area contributed by atoms with Gasteiger partial charge in [-0.3, -0.25) is 10.2 Å². The number of anilines is 1. The van der Waals surface area contributed by atoms with Crippen LogP contribution in [-0.4, -0.2) is 29.5 Å². The lowest BCUT2D eigenvalue weighted by molar-refractivity contribution is -0.121. The van der Waals surface area contributed by atoms with Crippen LogP contribution in [0.25, 0.3) is 0 Å². The van der Waals surface area contributed by atoms with E-state index in [1.54, 1.807) is 18.2 Å². The van der Waals surface area contributed by atoms with E-state index in [0.29, 0.717) is 18.2 Å². The van der Waals surface area contributed by atoms with Gasteiger partial charge in [0.1, 0.15) is 0 Å². The number of para-hydroxylation sites is 1. The van der Waals surface area contributed by atoms with Crippen molar-refractivity contribution >= 4 is 23.5 Å². The number of amides is 1. The third-order valence-corrected chi connectivity index (χ3v) is 4.21. The summed E-state index contributed by atoms with van der Waals surface area (Å²) in [5.41, 5.74) is 5.71. The molecule has 1 fully saturated rings. The summed E-state index contributed by atoms with van der Waals surface area (Å²) in [4.78, 5) is 23.5. The zero-order valence-electron chi connectivity index (χ0n) is 12.8. The Morgan fingerprint density at radius 2 is 1.87 bits per heavy atom. The average Bonchev–Trinajstić information content (AvgIpc) is 2.53. The van der Waals surface area contributed by atoms with Gasteiger partial charge in [-0.25, -0.2) is 4.79 Å². The van der Waals surface area contributed by atoms with Crippen molar-refractivity contribution in [2.24, 2.45) is 17.6 Å². The minimum absolute atomic E-state index is 0.0323. The number of carboxylic acid groups (broad SMARTS) is 1. The molecule has 0 heterocycles. The molecule has 1 saturated carbocycles. The monoisotopic (exact) mass is 318 g/mol. The fraction of sp³-hybridized carbons (Fsp3) is 0.438. The van der Waals surface area contributed by atoms with E-state index < -0.39 is 5.97 Å². The van der Waals surface area contributed by atoms with Crippen LogP contribution in [0.15, 0.2) is 24.3 Å². The topological polar surface area (TPSA) is 128 Å². The summed E-state index contributed by atoms with van der Waals surface area (Å²) in [6, 6.07) is 6.41. The molecule has 124 valence electrons. The standard InChI is InChI=1S/C16H22N4O3/c17-16(18)19-9-10-5-7-11(8-6-10)14(21)20-13-4-2-1-3-12(13)15(22)23/h1-4,10-11H,5-9H2,(H,20,21)(H,22,23)(H4,17,18,19)/t10-,11-. The van der Waals surface area contributed by atoms with Crippen LogP contribution in [0.1, 0.15) is 36.0 Å². The number of aromatic carboxylic acids is 1. The number of carbonyl (C=O) groups excluding carboxylic acids is 1. The third kappa shape index (κ3) is 4.70. The van der Waals surface area contributed by atoms with Crippen molar-refractivity contribution in [3.63, 3.8) is 0 Å². The first-order valence-electron chi connectivity index (χ1n) is 7.68. The normalized spacial score (nSPS) is 20.5. The summed E-state index contributed by atoms with van der Waals surface area (Å²) in [5.74, 6) is -0.911. The summed E-state index contributed by atoms with van der Waals surface area (Å²) in [6.45, 7) is 0.658. The van der Waals surface area contributed by atoms with E-state index in [-0.39, 0.29) is 23.3 Å². The van der Waals surface area contributed by atoms with Crippen LogP contribution in [-0.2, 0) is 4.79 Å². The highest BCUT2D eigenvalue weighted by Crippen LogP contribution is 2.29. The molecule has 7 nitrogen and oxygen atoms in total. The number of carboxylic acids is 1. The molecule has 7 heteroatoms. The highest BCUT2D eigenvalue weighted by molar-refractivity contribution is 6.01. The van der Waals surface area contributed by atoms with Crippen molar-refractivity contribution < 1.29 is 14.7 Å². The SMILES string of the molecule is N=C(N)NC[C@H]1CC[C@H](C(=O)Nc2ccccc2C(=O)O)CC1. The van der Waals surface area contributed by atoms with Crippen molar-refractivity contribution in [2.75, 3.05) is 11.9 Å². The first kappa shape index (κ1) is 16.8. The van der Waals surface area contributed by atoms with Gasteiger partial charge in [-0.2, -0.15) is 0 Å². The molecule has 1 amide bonds. The Labute approximate surface area is 134 Å². The summed E-state index contributed by atoms with van der Waals surface area (Å²) in [7, 11) is 0. The lowest BCUT2D eigenvalue weighted by Crippen LogP contribution is -2.36. The van der Waals surface area contributed by atoms with Crippen molar-refractivity contribution in [1.29, 1.82) is 5.41 Å². The van der Waals surface area contributed by atoms with Crippen LogP contribution >= 0.6 is 0 Å². The molecule has 1 aliphatic rings. The Bertz CT molecular complexity index is 595. The van der Waals surface area contributed by atoms with E-state index in [9.17, 15) is 9.59 Å². The second kappa shape index (κ2) is 7.62. The van der Waals surface area contributed by atoms with Crippen LogP contribution in [0.5, 0.6) is 0 Å². The zero-order chi connectivity index (χ0) is 16.8. The smallest absolute Gasteiger partial charge is 0.337 e. The molecule has 1 aromatic rings. The van der Waals surface area contributed by atoms with Gasteiger partial charge < -0.3 is 21.5 Å². The van der Waals surface area contributed by atoms with Gasteiger partial charge in [-0.1, -0.05) is 12.1 Å². The van der Waals surface area contributed by atoms with Gasteiger partial charge >= 0.3 is 5.97 Å². The van der Waals surface area contributed by atoms with Gasteiger partial charge in [-0.15, -0.1) is 0 Å². The number of hydrogen-bond donors (Lipinski definition) is 5. The first-order valence-corrected chi connectivity index (χ1v) is 7.68. The fourth-order valence-electron chi connectivity index (χ4n) is 2.90. The van der Waals surface area contributed by atoms with Crippen LogP contribution in [0.2, 0.25) is 0 Å². The molecule has 23 heavy (non-hydrogen) atoms. The predicted octanol–water partition coefficient (Wildman–Crippen LogP) is 1.61. The Hall–Kier alpha value is -2.57. The largest absolute Gasteiger partial charge is 0.478 e. The minimum Gasteiger partial charge on any atom is -0.478 e. The molecular weight excluding hydrogens is 296 g/mol. The molecule has 0 atom stereocenters. The van der Waals surface area contributed by atoms with E-state index in [0.717, 1.165) is 25.7 Å². The maximum absolute atomic E-state index is 12.3. The quantitative estimate of drug-likeness (QED) is 0.416. The number of rotatable bonds is 5. The van der Waals surface area contributed by atoms with E-state index in [4.69, 9.17) is 16.2 Å².